The summed E-state index contributed by atoms with van der Waals surface area (Å²) < 4.78 is 13.3. The first-order valence-electron chi connectivity index (χ1n) is 8.46. The van der Waals surface area contributed by atoms with Crippen LogP contribution in [0.15, 0.2) is 41.5 Å². The van der Waals surface area contributed by atoms with Crippen molar-refractivity contribution < 1.29 is 9.47 Å². The standard InChI is InChI=1S/C19H27ClN4O2/c1-14(26-18-9-7-6-8-17(18)25-5)11-22-19(21-2)24(4)13-16-10-15(20)12-23(16)3/h6-10,12,14H,11,13H2,1-5H3,(H,21,22). The van der Waals surface area contributed by atoms with Crippen LogP contribution in [0.2, 0.25) is 5.02 Å². The summed E-state index contributed by atoms with van der Waals surface area (Å²) in [6.07, 6.45) is 1.84. The molecule has 0 bridgehead atoms. The van der Waals surface area contributed by atoms with E-state index >= 15 is 0 Å². The Kier molecular flexibility index (Phi) is 7.21. The van der Waals surface area contributed by atoms with Gasteiger partial charge in [-0.05, 0) is 25.1 Å². The lowest BCUT2D eigenvalue weighted by molar-refractivity contribution is 0.212. The van der Waals surface area contributed by atoms with Crippen LogP contribution >= 0.6 is 11.6 Å². The molecule has 2 rings (SSSR count). The highest BCUT2D eigenvalue weighted by Gasteiger charge is 2.13. The Balaban J connectivity index is 1.90. The lowest BCUT2D eigenvalue weighted by atomic mass is 10.3. The molecule has 1 atom stereocenters. The molecule has 0 saturated carbocycles. The van der Waals surface area contributed by atoms with Crippen LogP contribution in [-0.4, -0.2) is 49.3 Å². The van der Waals surface area contributed by atoms with Crippen molar-refractivity contribution in [2.24, 2.45) is 12.0 Å². The Bertz CT molecular complexity index is 745. The van der Waals surface area contributed by atoms with Crippen LogP contribution in [0.3, 0.4) is 0 Å². The van der Waals surface area contributed by atoms with Crippen molar-refractivity contribution >= 4 is 17.6 Å². The van der Waals surface area contributed by atoms with Crippen LogP contribution in [0.1, 0.15) is 12.6 Å². The van der Waals surface area contributed by atoms with Gasteiger partial charge in [0.2, 0.25) is 0 Å². The molecular weight excluding hydrogens is 352 g/mol. The molecule has 1 unspecified atom stereocenters. The molecule has 0 aliphatic carbocycles. The van der Waals surface area contributed by atoms with Gasteiger partial charge in [-0.15, -0.1) is 0 Å². The fourth-order valence-corrected chi connectivity index (χ4v) is 2.91. The van der Waals surface area contributed by atoms with E-state index in [0.717, 1.165) is 28.2 Å². The SMILES string of the molecule is CN=C(NCC(C)Oc1ccccc1OC)N(C)Cc1cc(Cl)cn1C. The molecule has 6 nitrogen and oxygen atoms in total. The van der Waals surface area contributed by atoms with E-state index in [9.17, 15) is 0 Å². The summed E-state index contributed by atoms with van der Waals surface area (Å²) in [7, 11) is 7.37. The van der Waals surface area contributed by atoms with Crippen molar-refractivity contribution in [1.29, 1.82) is 0 Å². The number of para-hydroxylation sites is 2. The van der Waals surface area contributed by atoms with Gasteiger partial charge in [-0.2, -0.15) is 0 Å². The normalized spacial score (nSPS) is 12.6. The van der Waals surface area contributed by atoms with Crippen molar-refractivity contribution in [3.05, 3.63) is 47.2 Å². The van der Waals surface area contributed by atoms with Crippen LogP contribution in [0.25, 0.3) is 0 Å². The topological polar surface area (TPSA) is 51.0 Å². The Morgan fingerprint density at radius 2 is 2.04 bits per heavy atom. The van der Waals surface area contributed by atoms with Crippen molar-refractivity contribution in [1.82, 2.24) is 14.8 Å². The lowest BCUT2D eigenvalue weighted by Gasteiger charge is -2.24. The molecule has 0 aliphatic rings. The number of methoxy groups -OCH3 is 1. The van der Waals surface area contributed by atoms with E-state index in [0.29, 0.717) is 13.1 Å². The number of rotatable bonds is 7. The Morgan fingerprint density at radius 3 is 2.62 bits per heavy atom. The third-order valence-corrected chi connectivity index (χ3v) is 4.20. The maximum absolute atomic E-state index is 6.06. The van der Waals surface area contributed by atoms with Crippen molar-refractivity contribution in [3.63, 3.8) is 0 Å². The van der Waals surface area contributed by atoms with Crippen LogP contribution in [0.4, 0.5) is 0 Å². The molecule has 0 fully saturated rings. The van der Waals surface area contributed by atoms with Gasteiger partial charge in [-0.3, -0.25) is 4.99 Å². The molecule has 0 spiro atoms. The fraction of sp³-hybridized carbons (Fsp3) is 0.421. The monoisotopic (exact) mass is 378 g/mol. The second kappa shape index (κ2) is 9.38. The zero-order valence-electron chi connectivity index (χ0n) is 16.0. The number of benzene rings is 1. The molecule has 1 aromatic heterocycles. The number of nitrogens with zero attached hydrogens (tertiary/aromatic N) is 3. The predicted octanol–water partition coefficient (Wildman–Crippen LogP) is 3.16. The van der Waals surface area contributed by atoms with Crippen molar-refractivity contribution in [2.75, 3.05) is 27.7 Å². The summed E-state index contributed by atoms with van der Waals surface area (Å²) in [6, 6.07) is 9.58. The molecule has 26 heavy (non-hydrogen) atoms. The van der Waals surface area contributed by atoms with Gasteiger partial charge in [0.25, 0.3) is 0 Å². The van der Waals surface area contributed by atoms with Gasteiger partial charge in [0.1, 0.15) is 6.10 Å². The maximum atomic E-state index is 6.06. The van der Waals surface area contributed by atoms with Gasteiger partial charge in [-0.25, -0.2) is 0 Å². The second-order valence-electron chi connectivity index (χ2n) is 6.12. The average Bonchev–Trinajstić information content (AvgIpc) is 2.93. The minimum Gasteiger partial charge on any atom is -0.493 e. The number of aliphatic imine (C=N–C) groups is 1. The van der Waals surface area contributed by atoms with E-state index in [1.807, 2.05) is 67.0 Å². The Morgan fingerprint density at radius 1 is 1.35 bits per heavy atom. The number of aryl methyl sites for hydroxylation is 1. The van der Waals surface area contributed by atoms with E-state index in [1.165, 1.54) is 0 Å². The van der Waals surface area contributed by atoms with Gasteiger partial charge in [0.15, 0.2) is 17.5 Å². The van der Waals surface area contributed by atoms with Crippen LogP contribution in [-0.2, 0) is 13.6 Å². The first-order chi connectivity index (χ1) is 12.4. The van der Waals surface area contributed by atoms with E-state index in [4.69, 9.17) is 21.1 Å². The zero-order chi connectivity index (χ0) is 19.1. The Labute approximate surface area is 160 Å². The average molecular weight is 379 g/mol. The number of hydrogen-bond acceptors (Lipinski definition) is 3. The van der Waals surface area contributed by atoms with Gasteiger partial charge in [0, 0.05) is 33.0 Å². The third kappa shape index (κ3) is 5.33. The molecule has 2 aromatic rings. The van der Waals surface area contributed by atoms with Crippen molar-refractivity contribution in [2.45, 2.75) is 19.6 Å². The first-order valence-corrected chi connectivity index (χ1v) is 8.84. The molecular formula is C19H27ClN4O2. The second-order valence-corrected chi connectivity index (χ2v) is 6.56. The largest absolute Gasteiger partial charge is 0.493 e. The first kappa shape index (κ1) is 20.0. The van der Waals surface area contributed by atoms with Crippen LogP contribution in [0, 0.1) is 0 Å². The maximum Gasteiger partial charge on any atom is 0.193 e. The number of nitrogens with one attached hydrogen (secondary N) is 1. The summed E-state index contributed by atoms with van der Waals surface area (Å²) in [6.45, 7) is 3.32. The molecule has 0 amide bonds. The molecule has 0 aliphatic heterocycles. The zero-order valence-corrected chi connectivity index (χ0v) is 16.7. The van der Waals surface area contributed by atoms with Crippen LogP contribution in [0.5, 0.6) is 11.5 Å². The molecule has 1 N–H and O–H groups in total. The molecule has 1 aromatic carbocycles. The summed E-state index contributed by atoms with van der Waals surface area (Å²) in [5, 5.41) is 4.08. The molecule has 0 saturated heterocycles. The third-order valence-electron chi connectivity index (χ3n) is 3.99. The lowest BCUT2D eigenvalue weighted by Crippen LogP contribution is -2.42. The molecule has 1 heterocycles. The van der Waals surface area contributed by atoms with E-state index < -0.39 is 0 Å². The number of aromatic nitrogens is 1. The summed E-state index contributed by atoms with van der Waals surface area (Å²) >= 11 is 6.06. The fourth-order valence-electron chi connectivity index (χ4n) is 2.64. The van der Waals surface area contributed by atoms with Gasteiger partial charge in [-0.1, -0.05) is 23.7 Å². The number of guanidine groups is 1. The summed E-state index contributed by atoms with van der Waals surface area (Å²) in [4.78, 5) is 6.39. The quantitative estimate of drug-likeness (QED) is 0.594. The number of halogens is 1. The van der Waals surface area contributed by atoms with Crippen molar-refractivity contribution in [3.8, 4) is 11.5 Å². The molecule has 7 heteroatoms. The van der Waals surface area contributed by atoms with E-state index in [2.05, 4.69) is 10.3 Å². The molecule has 142 valence electrons. The highest BCUT2D eigenvalue weighted by atomic mass is 35.5. The summed E-state index contributed by atoms with van der Waals surface area (Å²) in [5.41, 5.74) is 1.11. The highest BCUT2D eigenvalue weighted by molar-refractivity contribution is 6.30. The summed E-state index contributed by atoms with van der Waals surface area (Å²) in [5.74, 6) is 2.24. The molecule has 0 radical (unpaired) electrons. The van der Waals surface area contributed by atoms with Gasteiger partial charge < -0.3 is 24.3 Å². The van der Waals surface area contributed by atoms with E-state index in [-0.39, 0.29) is 6.10 Å². The minimum absolute atomic E-state index is 0.0547. The highest BCUT2D eigenvalue weighted by Crippen LogP contribution is 2.26. The predicted molar refractivity (Wildman–Crippen MR) is 106 cm³/mol. The van der Waals surface area contributed by atoms with Gasteiger partial charge in [0.05, 0.1) is 25.2 Å². The number of hydrogen-bond donors (Lipinski definition) is 1. The number of ether oxygens (including phenoxy) is 2. The smallest absolute Gasteiger partial charge is 0.193 e. The van der Waals surface area contributed by atoms with E-state index in [1.54, 1.807) is 14.2 Å². The Hall–Kier alpha value is -2.34. The van der Waals surface area contributed by atoms with Gasteiger partial charge >= 0.3 is 0 Å². The minimum atomic E-state index is -0.0547. The van der Waals surface area contributed by atoms with Crippen LogP contribution < -0.4 is 14.8 Å².